The van der Waals surface area contributed by atoms with Gasteiger partial charge < -0.3 is 15.3 Å². The monoisotopic (exact) mass is 330 g/mol. The number of nitrogens with one attached hydrogen (secondary N) is 1. The second kappa shape index (κ2) is 7.24. The fourth-order valence-electron chi connectivity index (χ4n) is 3.99. The Morgan fingerprint density at radius 1 is 1.12 bits per heavy atom. The molecular weight excluding hydrogens is 304 g/mol. The Kier molecular flexibility index (Phi) is 5.07. The van der Waals surface area contributed by atoms with Gasteiger partial charge in [0.25, 0.3) is 0 Å². The SMILES string of the molecule is Cc1ccccc1C1CCN(C(=O)NC2CCC(C(=O)O)CC2)C1. The number of carbonyl (C=O) groups is 2. The van der Waals surface area contributed by atoms with Crippen LogP contribution in [0.15, 0.2) is 24.3 Å². The van der Waals surface area contributed by atoms with Crippen LogP contribution in [0.4, 0.5) is 4.79 Å². The third-order valence-corrected chi connectivity index (χ3v) is 5.51. The Balaban J connectivity index is 1.50. The van der Waals surface area contributed by atoms with Gasteiger partial charge >= 0.3 is 12.0 Å². The van der Waals surface area contributed by atoms with Gasteiger partial charge in [-0.15, -0.1) is 0 Å². The summed E-state index contributed by atoms with van der Waals surface area (Å²) in [4.78, 5) is 25.4. The predicted octanol–water partition coefficient (Wildman–Crippen LogP) is 3.14. The zero-order chi connectivity index (χ0) is 17.1. The zero-order valence-electron chi connectivity index (χ0n) is 14.2. The maximum Gasteiger partial charge on any atom is 0.317 e. The van der Waals surface area contributed by atoms with Crippen molar-refractivity contribution in [2.45, 2.75) is 51.0 Å². The molecule has 0 bridgehead atoms. The number of nitrogens with zero attached hydrogens (tertiary/aromatic N) is 1. The molecule has 2 fully saturated rings. The average molecular weight is 330 g/mol. The molecule has 1 unspecified atom stereocenters. The van der Waals surface area contributed by atoms with Gasteiger partial charge in [-0.05, 0) is 50.2 Å². The molecule has 1 saturated carbocycles. The van der Waals surface area contributed by atoms with Crippen LogP contribution >= 0.6 is 0 Å². The molecule has 2 aliphatic rings. The van der Waals surface area contributed by atoms with Gasteiger partial charge in [-0.2, -0.15) is 0 Å². The molecule has 1 atom stereocenters. The van der Waals surface area contributed by atoms with Gasteiger partial charge in [0.05, 0.1) is 5.92 Å². The summed E-state index contributed by atoms with van der Waals surface area (Å²) in [6, 6.07) is 8.51. The first-order valence-electron chi connectivity index (χ1n) is 8.88. The number of carboxylic acids is 1. The van der Waals surface area contributed by atoms with E-state index in [1.807, 2.05) is 11.0 Å². The number of likely N-dealkylation sites (tertiary alicyclic amines) is 1. The Bertz CT molecular complexity index is 608. The molecule has 0 radical (unpaired) electrons. The quantitative estimate of drug-likeness (QED) is 0.894. The zero-order valence-corrected chi connectivity index (χ0v) is 14.2. The normalized spacial score (nSPS) is 27.0. The number of rotatable bonds is 3. The van der Waals surface area contributed by atoms with Crippen molar-refractivity contribution in [3.05, 3.63) is 35.4 Å². The van der Waals surface area contributed by atoms with E-state index in [4.69, 9.17) is 5.11 Å². The van der Waals surface area contributed by atoms with E-state index in [9.17, 15) is 9.59 Å². The molecule has 5 heteroatoms. The standard InChI is InChI=1S/C19H26N2O3/c1-13-4-2-3-5-17(13)15-10-11-21(12-15)19(24)20-16-8-6-14(7-9-16)18(22)23/h2-5,14-16H,6-12H2,1H3,(H,20,24)(H,22,23). The molecule has 5 nitrogen and oxygen atoms in total. The highest BCUT2D eigenvalue weighted by Crippen LogP contribution is 2.30. The van der Waals surface area contributed by atoms with Crippen LogP contribution in [0.25, 0.3) is 0 Å². The minimum atomic E-state index is -0.708. The van der Waals surface area contributed by atoms with E-state index < -0.39 is 5.97 Å². The summed E-state index contributed by atoms with van der Waals surface area (Å²) in [7, 11) is 0. The molecule has 1 aliphatic carbocycles. The van der Waals surface area contributed by atoms with Crippen LogP contribution < -0.4 is 5.32 Å². The molecule has 0 aromatic heterocycles. The number of hydrogen-bond donors (Lipinski definition) is 2. The van der Waals surface area contributed by atoms with Gasteiger partial charge in [0.2, 0.25) is 0 Å². The van der Waals surface area contributed by atoms with Gasteiger partial charge in [-0.3, -0.25) is 4.79 Å². The van der Waals surface area contributed by atoms with E-state index in [2.05, 4.69) is 30.4 Å². The van der Waals surface area contributed by atoms with Gasteiger partial charge in [0, 0.05) is 25.0 Å². The molecule has 1 aromatic carbocycles. The topological polar surface area (TPSA) is 69.6 Å². The van der Waals surface area contributed by atoms with Crippen LogP contribution in [-0.4, -0.2) is 41.1 Å². The molecule has 0 spiro atoms. The summed E-state index contributed by atoms with van der Waals surface area (Å²) in [5, 5.41) is 12.1. The number of benzene rings is 1. The average Bonchev–Trinajstić information content (AvgIpc) is 3.05. The number of amides is 2. The highest BCUT2D eigenvalue weighted by Gasteiger charge is 2.31. The minimum Gasteiger partial charge on any atom is -0.481 e. The molecule has 130 valence electrons. The second-order valence-corrected chi connectivity index (χ2v) is 7.12. The van der Waals surface area contributed by atoms with Crippen molar-refractivity contribution < 1.29 is 14.7 Å². The third-order valence-electron chi connectivity index (χ3n) is 5.51. The molecule has 3 rings (SSSR count). The van der Waals surface area contributed by atoms with Gasteiger partial charge in [-0.1, -0.05) is 24.3 Å². The van der Waals surface area contributed by atoms with Crippen molar-refractivity contribution in [1.29, 1.82) is 0 Å². The third kappa shape index (κ3) is 3.71. The van der Waals surface area contributed by atoms with E-state index in [0.717, 1.165) is 32.4 Å². The van der Waals surface area contributed by atoms with Crippen LogP contribution in [0, 0.1) is 12.8 Å². The second-order valence-electron chi connectivity index (χ2n) is 7.12. The summed E-state index contributed by atoms with van der Waals surface area (Å²) >= 11 is 0. The first kappa shape index (κ1) is 16.8. The highest BCUT2D eigenvalue weighted by atomic mass is 16.4. The van der Waals surface area contributed by atoms with E-state index in [0.29, 0.717) is 18.8 Å². The lowest BCUT2D eigenvalue weighted by Gasteiger charge is -2.28. The molecule has 1 heterocycles. The van der Waals surface area contributed by atoms with Crippen molar-refractivity contribution in [3.63, 3.8) is 0 Å². The molecule has 2 amide bonds. The van der Waals surface area contributed by atoms with Crippen molar-refractivity contribution in [3.8, 4) is 0 Å². The van der Waals surface area contributed by atoms with Crippen LogP contribution in [0.2, 0.25) is 0 Å². The molecule has 2 N–H and O–H groups in total. The molecule has 24 heavy (non-hydrogen) atoms. The van der Waals surface area contributed by atoms with Crippen LogP contribution in [0.5, 0.6) is 0 Å². The Morgan fingerprint density at radius 3 is 2.50 bits per heavy atom. The molecular formula is C19H26N2O3. The predicted molar refractivity (Wildman–Crippen MR) is 92.0 cm³/mol. The van der Waals surface area contributed by atoms with Crippen molar-refractivity contribution >= 4 is 12.0 Å². The van der Waals surface area contributed by atoms with Gasteiger partial charge in [0.15, 0.2) is 0 Å². The lowest BCUT2D eigenvalue weighted by molar-refractivity contribution is -0.142. The fraction of sp³-hybridized carbons (Fsp3) is 0.579. The summed E-state index contributed by atoms with van der Waals surface area (Å²) in [6.07, 6.45) is 3.85. The van der Waals surface area contributed by atoms with E-state index >= 15 is 0 Å². The number of urea groups is 1. The summed E-state index contributed by atoms with van der Waals surface area (Å²) < 4.78 is 0. The molecule has 1 aliphatic heterocycles. The highest BCUT2D eigenvalue weighted by molar-refractivity contribution is 5.75. The number of carbonyl (C=O) groups excluding carboxylic acids is 1. The van der Waals surface area contributed by atoms with Crippen LogP contribution in [0.1, 0.15) is 49.1 Å². The summed E-state index contributed by atoms with van der Waals surface area (Å²) in [5.41, 5.74) is 2.63. The first-order chi connectivity index (χ1) is 11.5. The number of aliphatic carboxylic acids is 1. The Hall–Kier alpha value is -2.04. The summed E-state index contributed by atoms with van der Waals surface area (Å²) in [6.45, 7) is 3.68. The largest absolute Gasteiger partial charge is 0.481 e. The van der Waals surface area contributed by atoms with Gasteiger partial charge in [0.1, 0.15) is 0 Å². The van der Waals surface area contributed by atoms with E-state index in [-0.39, 0.29) is 18.0 Å². The number of aryl methyl sites for hydroxylation is 1. The Morgan fingerprint density at radius 2 is 1.83 bits per heavy atom. The molecule has 1 aromatic rings. The van der Waals surface area contributed by atoms with Crippen molar-refractivity contribution in [2.75, 3.05) is 13.1 Å². The van der Waals surface area contributed by atoms with E-state index in [1.54, 1.807) is 0 Å². The number of hydrogen-bond acceptors (Lipinski definition) is 2. The van der Waals surface area contributed by atoms with Crippen molar-refractivity contribution in [1.82, 2.24) is 10.2 Å². The first-order valence-corrected chi connectivity index (χ1v) is 8.88. The van der Waals surface area contributed by atoms with Crippen LogP contribution in [0.3, 0.4) is 0 Å². The lowest BCUT2D eigenvalue weighted by atomic mass is 9.86. The van der Waals surface area contributed by atoms with Crippen LogP contribution in [-0.2, 0) is 4.79 Å². The fourth-order valence-corrected chi connectivity index (χ4v) is 3.99. The molecule has 1 saturated heterocycles. The minimum absolute atomic E-state index is 0.00450. The smallest absolute Gasteiger partial charge is 0.317 e. The lowest BCUT2D eigenvalue weighted by Crippen LogP contribution is -2.45. The number of carboxylic acid groups (broad SMARTS) is 1. The Labute approximate surface area is 143 Å². The maximum absolute atomic E-state index is 12.5. The van der Waals surface area contributed by atoms with E-state index in [1.165, 1.54) is 11.1 Å². The maximum atomic E-state index is 12.5. The summed E-state index contributed by atoms with van der Waals surface area (Å²) in [5.74, 6) is -0.532. The van der Waals surface area contributed by atoms with Crippen molar-refractivity contribution in [2.24, 2.45) is 5.92 Å². The van der Waals surface area contributed by atoms with Gasteiger partial charge in [-0.25, -0.2) is 4.79 Å².